The lowest BCUT2D eigenvalue weighted by Gasteiger charge is -2.28. The van der Waals surface area contributed by atoms with E-state index < -0.39 is 0 Å². The quantitative estimate of drug-likeness (QED) is 0.702. The van der Waals surface area contributed by atoms with Crippen molar-refractivity contribution in [3.63, 3.8) is 0 Å². The van der Waals surface area contributed by atoms with Crippen LogP contribution in [0.15, 0.2) is 6.07 Å². The van der Waals surface area contributed by atoms with E-state index in [1.807, 2.05) is 6.92 Å². The summed E-state index contributed by atoms with van der Waals surface area (Å²) in [5.41, 5.74) is 1.80. The monoisotopic (exact) mass is 256 g/mol. The fraction of sp³-hybridized carbons (Fsp3) is 0.500. The van der Waals surface area contributed by atoms with Crippen molar-refractivity contribution in [3.8, 4) is 11.5 Å². The summed E-state index contributed by atoms with van der Waals surface area (Å²) in [5.74, 6) is -0.376. The highest BCUT2D eigenvalue weighted by molar-refractivity contribution is 6.33. The van der Waals surface area contributed by atoms with Crippen LogP contribution in [0.2, 0.25) is 5.02 Å². The van der Waals surface area contributed by atoms with Gasteiger partial charge in [0.05, 0.1) is 5.02 Å². The summed E-state index contributed by atoms with van der Waals surface area (Å²) in [6, 6.07) is 1.55. The number of nitrogens with zero attached hydrogens (tertiary/aromatic N) is 1. The number of phenols is 2. The molecule has 0 saturated carbocycles. The second-order valence-corrected chi connectivity index (χ2v) is 4.76. The predicted molar refractivity (Wildman–Crippen MR) is 67.7 cm³/mol. The third-order valence-corrected chi connectivity index (χ3v) is 3.54. The van der Waals surface area contributed by atoms with Gasteiger partial charge in [-0.25, -0.2) is 0 Å². The number of phenolic OH excluding ortho intramolecular Hbond substituents is 2. The number of piperazine rings is 1. The first-order chi connectivity index (χ1) is 8.09. The molecule has 0 radical (unpaired) electrons. The van der Waals surface area contributed by atoms with Crippen molar-refractivity contribution < 1.29 is 10.2 Å². The Labute approximate surface area is 106 Å². The smallest absolute Gasteiger partial charge is 0.176 e. The molecule has 17 heavy (non-hydrogen) atoms. The highest BCUT2D eigenvalue weighted by atomic mass is 35.5. The van der Waals surface area contributed by atoms with Gasteiger partial charge in [-0.3, -0.25) is 4.90 Å². The van der Waals surface area contributed by atoms with Gasteiger partial charge < -0.3 is 15.5 Å². The Balaban J connectivity index is 2.22. The van der Waals surface area contributed by atoms with Crippen molar-refractivity contribution in [1.29, 1.82) is 0 Å². The molecule has 3 N–H and O–H groups in total. The lowest BCUT2D eigenvalue weighted by Crippen LogP contribution is -2.43. The van der Waals surface area contributed by atoms with E-state index in [-0.39, 0.29) is 16.5 Å². The minimum absolute atomic E-state index is 0.156. The van der Waals surface area contributed by atoms with E-state index in [1.165, 1.54) is 0 Å². The number of rotatable bonds is 2. The van der Waals surface area contributed by atoms with E-state index in [0.717, 1.165) is 37.3 Å². The van der Waals surface area contributed by atoms with E-state index in [2.05, 4.69) is 10.2 Å². The molecule has 0 amide bonds. The van der Waals surface area contributed by atoms with Gasteiger partial charge in [-0.05, 0) is 24.1 Å². The Bertz CT molecular complexity index is 417. The molecule has 1 heterocycles. The Morgan fingerprint density at radius 1 is 1.35 bits per heavy atom. The van der Waals surface area contributed by atoms with Crippen LogP contribution in [0.5, 0.6) is 11.5 Å². The molecule has 0 spiro atoms. The molecule has 1 aliphatic heterocycles. The minimum atomic E-state index is -0.220. The molecule has 1 aromatic carbocycles. The normalized spacial score (nSPS) is 17.3. The molecule has 2 rings (SSSR count). The molecular weight excluding hydrogens is 240 g/mol. The van der Waals surface area contributed by atoms with Crippen LogP contribution in [0, 0.1) is 6.92 Å². The van der Waals surface area contributed by atoms with E-state index in [9.17, 15) is 10.2 Å². The van der Waals surface area contributed by atoms with E-state index >= 15 is 0 Å². The first kappa shape index (κ1) is 12.5. The van der Waals surface area contributed by atoms with Crippen molar-refractivity contribution in [2.45, 2.75) is 13.5 Å². The molecule has 0 aliphatic carbocycles. The predicted octanol–water partition coefficient (Wildman–Crippen LogP) is 1.46. The van der Waals surface area contributed by atoms with Gasteiger partial charge in [-0.1, -0.05) is 11.6 Å². The molecule has 1 fully saturated rings. The standard InChI is InChI=1S/C12H17ClN2O2/c1-8-6-10(16)12(17)11(13)9(8)7-15-4-2-14-3-5-15/h6,14,16-17H,2-5,7H2,1H3. The number of halogens is 1. The van der Waals surface area contributed by atoms with Crippen LogP contribution in [-0.2, 0) is 6.54 Å². The first-order valence-corrected chi connectivity index (χ1v) is 6.10. The Kier molecular flexibility index (Phi) is 3.76. The average Bonchev–Trinajstić information content (AvgIpc) is 2.33. The highest BCUT2D eigenvalue weighted by Gasteiger charge is 2.17. The topological polar surface area (TPSA) is 55.7 Å². The minimum Gasteiger partial charge on any atom is -0.504 e. The highest BCUT2D eigenvalue weighted by Crippen LogP contribution is 2.38. The van der Waals surface area contributed by atoms with E-state index in [1.54, 1.807) is 6.07 Å². The van der Waals surface area contributed by atoms with Crippen LogP contribution in [0.25, 0.3) is 0 Å². The maximum atomic E-state index is 9.63. The molecule has 5 heteroatoms. The zero-order valence-corrected chi connectivity index (χ0v) is 10.6. The van der Waals surface area contributed by atoms with Crippen LogP contribution < -0.4 is 5.32 Å². The van der Waals surface area contributed by atoms with Gasteiger partial charge in [0, 0.05) is 32.7 Å². The van der Waals surface area contributed by atoms with Crippen LogP contribution in [-0.4, -0.2) is 41.3 Å². The Morgan fingerprint density at radius 3 is 2.65 bits per heavy atom. The second kappa shape index (κ2) is 5.12. The van der Waals surface area contributed by atoms with E-state index in [4.69, 9.17) is 11.6 Å². The second-order valence-electron chi connectivity index (χ2n) is 4.38. The summed E-state index contributed by atoms with van der Waals surface area (Å²) >= 11 is 6.07. The number of aromatic hydroxyl groups is 2. The number of benzene rings is 1. The maximum Gasteiger partial charge on any atom is 0.176 e. The van der Waals surface area contributed by atoms with Crippen LogP contribution in [0.3, 0.4) is 0 Å². The number of hydrogen-bond donors (Lipinski definition) is 3. The van der Waals surface area contributed by atoms with Gasteiger partial charge in [0.15, 0.2) is 11.5 Å². The molecule has 0 unspecified atom stereocenters. The SMILES string of the molecule is Cc1cc(O)c(O)c(Cl)c1CN1CCNCC1. The van der Waals surface area contributed by atoms with Crippen LogP contribution >= 0.6 is 11.6 Å². The summed E-state index contributed by atoms with van der Waals surface area (Å²) in [5, 5.41) is 22.6. The largest absolute Gasteiger partial charge is 0.504 e. The molecule has 0 bridgehead atoms. The van der Waals surface area contributed by atoms with Gasteiger partial charge in [-0.15, -0.1) is 0 Å². The Morgan fingerprint density at radius 2 is 2.00 bits per heavy atom. The third-order valence-electron chi connectivity index (χ3n) is 3.14. The Hall–Kier alpha value is -0.970. The maximum absolute atomic E-state index is 9.63. The van der Waals surface area contributed by atoms with E-state index in [0.29, 0.717) is 6.54 Å². The van der Waals surface area contributed by atoms with Gasteiger partial charge in [0.1, 0.15) is 0 Å². The zero-order chi connectivity index (χ0) is 12.4. The number of hydrogen-bond acceptors (Lipinski definition) is 4. The molecule has 1 saturated heterocycles. The van der Waals surface area contributed by atoms with Crippen molar-refractivity contribution >= 4 is 11.6 Å². The molecule has 0 aromatic heterocycles. The van der Waals surface area contributed by atoms with Gasteiger partial charge in [0.2, 0.25) is 0 Å². The molecule has 0 atom stereocenters. The summed E-state index contributed by atoms with van der Waals surface area (Å²) < 4.78 is 0. The average molecular weight is 257 g/mol. The lowest BCUT2D eigenvalue weighted by atomic mass is 10.1. The fourth-order valence-electron chi connectivity index (χ4n) is 2.08. The lowest BCUT2D eigenvalue weighted by molar-refractivity contribution is 0.232. The number of nitrogens with one attached hydrogen (secondary N) is 1. The van der Waals surface area contributed by atoms with Gasteiger partial charge in [-0.2, -0.15) is 0 Å². The molecular formula is C12H17ClN2O2. The fourth-order valence-corrected chi connectivity index (χ4v) is 2.38. The van der Waals surface area contributed by atoms with Gasteiger partial charge in [0.25, 0.3) is 0 Å². The molecule has 94 valence electrons. The summed E-state index contributed by atoms with van der Waals surface area (Å²) in [6.45, 7) is 6.49. The zero-order valence-electron chi connectivity index (χ0n) is 9.83. The van der Waals surface area contributed by atoms with Crippen LogP contribution in [0.1, 0.15) is 11.1 Å². The van der Waals surface area contributed by atoms with Crippen molar-refractivity contribution in [3.05, 3.63) is 22.2 Å². The summed E-state index contributed by atoms with van der Waals surface area (Å²) in [4.78, 5) is 2.28. The summed E-state index contributed by atoms with van der Waals surface area (Å²) in [6.07, 6.45) is 0. The molecule has 1 aliphatic rings. The van der Waals surface area contributed by atoms with Crippen molar-refractivity contribution in [2.24, 2.45) is 0 Å². The van der Waals surface area contributed by atoms with Gasteiger partial charge >= 0.3 is 0 Å². The number of aryl methyl sites for hydroxylation is 1. The van der Waals surface area contributed by atoms with Crippen LogP contribution in [0.4, 0.5) is 0 Å². The first-order valence-electron chi connectivity index (χ1n) is 5.72. The molecule has 1 aromatic rings. The third kappa shape index (κ3) is 2.65. The summed E-state index contributed by atoms with van der Waals surface area (Å²) in [7, 11) is 0. The van der Waals surface area contributed by atoms with Crippen molar-refractivity contribution in [1.82, 2.24) is 10.2 Å². The van der Waals surface area contributed by atoms with Crippen molar-refractivity contribution in [2.75, 3.05) is 26.2 Å². The molecule has 4 nitrogen and oxygen atoms in total.